The first-order valence-corrected chi connectivity index (χ1v) is 7.93. The summed E-state index contributed by atoms with van der Waals surface area (Å²) < 4.78 is 10.5. The van der Waals surface area contributed by atoms with Gasteiger partial charge in [-0.25, -0.2) is 9.59 Å². The van der Waals surface area contributed by atoms with E-state index in [2.05, 4.69) is 0 Å². The van der Waals surface area contributed by atoms with Gasteiger partial charge in [0.1, 0.15) is 16.9 Å². The highest BCUT2D eigenvalue weighted by molar-refractivity contribution is 6.17. The molecule has 0 aliphatic heterocycles. The Hall–Kier alpha value is -2.59. The van der Waals surface area contributed by atoms with Gasteiger partial charge in [0, 0.05) is 11.3 Å². The van der Waals surface area contributed by atoms with E-state index < -0.39 is 11.6 Å². The number of hydrogen-bond acceptors (Lipinski definition) is 4. The smallest absolute Gasteiger partial charge is 0.351 e. The molecular formula is C19H15ClO4. The van der Waals surface area contributed by atoms with Crippen LogP contribution in [0.25, 0.3) is 11.0 Å². The molecule has 5 heteroatoms. The van der Waals surface area contributed by atoms with Gasteiger partial charge < -0.3 is 9.15 Å². The summed E-state index contributed by atoms with van der Waals surface area (Å²) in [5.74, 6) is -0.0282. The molecule has 122 valence electrons. The van der Waals surface area contributed by atoms with Crippen LogP contribution in [0.5, 0.6) is 5.75 Å². The predicted octanol–water partition coefficient (Wildman–Crippen LogP) is 4.37. The van der Waals surface area contributed by atoms with Crippen LogP contribution in [0.4, 0.5) is 0 Å². The fourth-order valence-electron chi connectivity index (χ4n) is 2.34. The summed E-state index contributed by atoms with van der Waals surface area (Å²) in [6.07, 6.45) is 0. The van der Waals surface area contributed by atoms with Gasteiger partial charge in [0.05, 0.1) is 0 Å². The van der Waals surface area contributed by atoms with Crippen molar-refractivity contribution in [2.45, 2.75) is 19.7 Å². The Kier molecular flexibility index (Phi) is 4.40. The topological polar surface area (TPSA) is 56.5 Å². The molecule has 0 aliphatic rings. The van der Waals surface area contributed by atoms with Gasteiger partial charge in [-0.15, -0.1) is 11.6 Å². The summed E-state index contributed by atoms with van der Waals surface area (Å²) >= 11 is 5.81. The first kappa shape index (κ1) is 16.3. The van der Waals surface area contributed by atoms with Crippen molar-refractivity contribution in [1.82, 2.24) is 0 Å². The zero-order valence-electron chi connectivity index (χ0n) is 13.3. The maximum atomic E-state index is 12.3. The maximum absolute atomic E-state index is 12.3. The molecule has 1 aromatic heterocycles. The van der Waals surface area contributed by atoms with Crippen LogP contribution < -0.4 is 10.4 Å². The largest absolute Gasteiger partial charge is 0.423 e. The highest BCUT2D eigenvalue weighted by atomic mass is 35.5. The third kappa shape index (κ3) is 3.19. The highest BCUT2D eigenvalue weighted by Crippen LogP contribution is 2.20. The van der Waals surface area contributed by atoms with Crippen molar-refractivity contribution in [3.63, 3.8) is 0 Å². The van der Waals surface area contributed by atoms with Gasteiger partial charge in [0.2, 0.25) is 0 Å². The van der Waals surface area contributed by atoms with Gasteiger partial charge in [0.25, 0.3) is 0 Å². The van der Waals surface area contributed by atoms with Crippen LogP contribution in [0.1, 0.15) is 27.0 Å². The summed E-state index contributed by atoms with van der Waals surface area (Å²) in [6, 6.07) is 12.0. The van der Waals surface area contributed by atoms with Crippen LogP contribution in [0.3, 0.4) is 0 Å². The van der Waals surface area contributed by atoms with Crippen molar-refractivity contribution in [3.8, 4) is 5.75 Å². The molecule has 0 bridgehead atoms. The molecule has 4 nitrogen and oxygen atoms in total. The zero-order valence-corrected chi connectivity index (χ0v) is 14.0. The number of carbonyl (C=O) groups excluding carboxylic acids is 1. The van der Waals surface area contributed by atoms with Gasteiger partial charge in [-0.2, -0.15) is 0 Å². The molecule has 2 aromatic carbocycles. The Morgan fingerprint density at radius 1 is 1.08 bits per heavy atom. The third-order valence-corrected chi connectivity index (χ3v) is 4.17. The molecule has 0 amide bonds. The summed E-state index contributed by atoms with van der Waals surface area (Å²) in [6.45, 7) is 3.89. The first-order valence-electron chi connectivity index (χ1n) is 7.40. The number of ether oxygens (including phenoxy) is 1. The SMILES string of the molecule is Cc1ccc(OC(=O)c2cc3cc(CCl)ccc3oc2=O)cc1C. The van der Waals surface area contributed by atoms with Crippen molar-refractivity contribution in [1.29, 1.82) is 0 Å². The van der Waals surface area contributed by atoms with E-state index in [1.165, 1.54) is 6.07 Å². The molecule has 0 N–H and O–H groups in total. The second kappa shape index (κ2) is 6.49. The number of halogens is 1. The monoisotopic (exact) mass is 342 g/mol. The standard InChI is InChI=1S/C19H15ClO4/c1-11-3-5-15(7-12(11)2)23-18(21)16-9-14-8-13(10-20)4-6-17(14)24-19(16)22/h3-9H,10H2,1-2H3. The van der Waals surface area contributed by atoms with Gasteiger partial charge in [-0.1, -0.05) is 12.1 Å². The lowest BCUT2D eigenvalue weighted by Crippen LogP contribution is -2.18. The number of fused-ring (bicyclic) bond motifs is 1. The quantitative estimate of drug-likeness (QED) is 0.307. The lowest BCUT2D eigenvalue weighted by atomic mass is 10.1. The van der Waals surface area contributed by atoms with Crippen LogP contribution in [-0.2, 0) is 5.88 Å². The number of alkyl halides is 1. The summed E-state index contributed by atoms with van der Waals surface area (Å²) in [5, 5.41) is 0.625. The molecule has 0 spiro atoms. The van der Waals surface area contributed by atoms with E-state index in [1.54, 1.807) is 30.3 Å². The Morgan fingerprint density at radius 2 is 1.88 bits per heavy atom. The van der Waals surface area contributed by atoms with E-state index in [1.807, 2.05) is 19.9 Å². The molecule has 0 radical (unpaired) electrons. The molecular weight excluding hydrogens is 328 g/mol. The van der Waals surface area contributed by atoms with Crippen molar-refractivity contribution >= 4 is 28.5 Å². The normalized spacial score (nSPS) is 10.8. The molecule has 3 aromatic rings. The first-order chi connectivity index (χ1) is 11.5. The van der Waals surface area contributed by atoms with Crippen molar-refractivity contribution < 1.29 is 13.9 Å². The third-order valence-electron chi connectivity index (χ3n) is 3.86. The van der Waals surface area contributed by atoms with Gasteiger partial charge >= 0.3 is 11.6 Å². The van der Waals surface area contributed by atoms with Gasteiger partial charge in [-0.05, 0) is 60.9 Å². The van der Waals surface area contributed by atoms with Crippen LogP contribution in [0.15, 0.2) is 51.7 Å². The molecule has 1 heterocycles. The second-order valence-corrected chi connectivity index (χ2v) is 5.86. The van der Waals surface area contributed by atoms with Crippen molar-refractivity contribution in [2.75, 3.05) is 0 Å². The van der Waals surface area contributed by atoms with E-state index in [9.17, 15) is 9.59 Å². The minimum atomic E-state index is -0.745. The Labute approximate surface area is 143 Å². The Morgan fingerprint density at radius 3 is 2.58 bits per heavy atom. The van der Waals surface area contributed by atoms with E-state index in [4.69, 9.17) is 20.8 Å². The highest BCUT2D eigenvalue weighted by Gasteiger charge is 2.16. The molecule has 0 aliphatic carbocycles. The van der Waals surface area contributed by atoms with Crippen molar-refractivity contribution in [3.05, 3.63) is 75.1 Å². The number of hydrogen-bond donors (Lipinski definition) is 0. The lowest BCUT2D eigenvalue weighted by molar-refractivity contribution is 0.0730. The zero-order chi connectivity index (χ0) is 17.3. The van der Waals surface area contributed by atoms with Gasteiger partial charge in [-0.3, -0.25) is 0 Å². The second-order valence-electron chi connectivity index (χ2n) is 5.59. The number of carbonyl (C=O) groups is 1. The van der Waals surface area contributed by atoms with Crippen LogP contribution in [-0.4, -0.2) is 5.97 Å². The summed E-state index contributed by atoms with van der Waals surface area (Å²) in [7, 11) is 0. The predicted molar refractivity (Wildman–Crippen MR) is 92.9 cm³/mol. The Balaban J connectivity index is 1.97. The molecule has 24 heavy (non-hydrogen) atoms. The lowest BCUT2D eigenvalue weighted by Gasteiger charge is -2.07. The van der Waals surface area contributed by atoms with E-state index >= 15 is 0 Å². The maximum Gasteiger partial charge on any atom is 0.351 e. The van der Waals surface area contributed by atoms with E-state index in [-0.39, 0.29) is 5.56 Å². The summed E-state index contributed by atoms with van der Waals surface area (Å²) in [5.41, 5.74) is 2.48. The fourth-order valence-corrected chi connectivity index (χ4v) is 2.50. The minimum absolute atomic E-state index is 0.146. The molecule has 0 saturated heterocycles. The molecule has 0 saturated carbocycles. The number of esters is 1. The summed E-state index contributed by atoms with van der Waals surface area (Å²) in [4.78, 5) is 24.4. The molecule has 0 atom stereocenters. The number of benzene rings is 2. The average Bonchev–Trinajstić information content (AvgIpc) is 2.57. The number of rotatable bonds is 3. The molecule has 3 rings (SSSR count). The average molecular weight is 343 g/mol. The number of aryl methyl sites for hydroxylation is 2. The van der Waals surface area contributed by atoms with Gasteiger partial charge in [0.15, 0.2) is 0 Å². The molecule has 0 fully saturated rings. The fraction of sp³-hybridized carbons (Fsp3) is 0.158. The minimum Gasteiger partial charge on any atom is -0.423 e. The molecule has 0 unspecified atom stereocenters. The Bertz CT molecular complexity index is 988. The van der Waals surface area contributed by atoms with Crippen LogP contribution >= 0.6 is 11.6 Å². The van der Waals surface area contributed by atoms with E-state index in [0.717, 1.165) is 16.7 Å². The van der Waals surface area contributed by atoms with E-state index in [0.29, 0.717) is 22.6 Å². The van der Waals surface area contributed by atoms with Crippen molar-refractivity contribution in [2.24, 2.45) is 0 Å². The van der Waals surface area contributed by atoms with Crippen LogP contribution in [0.2, 0.25) is 0 Å². The van der Waals surface area contributed by atoms with Crippen LogP contribution in [0, 0.1) is 13.8 Å².